The summed E-state index contributed by atoms with van der Waals surface area (Å²) in [6.07, 6.45) is 3.82. The van der Waals surface area contributed by atoms with Crippen molar-refractivity contribution in [3.05, 3.63) is 72.8 Å². The molecule has 0 saturated carbocycles. The summed E-state index contributed by atoms with van der Waals surface area (Å²) < 4.78 is 0. The molecular weight excluding hydrogens is 218 g/mol. The van der Waals surface area contributed by atoms with E-state index in [1.54, 1.807) is 0 Å². The molecule has 0 bridgehead atoms. The highest BCUT2D eigenvalue weighted by molar-refractivity contribution is 5.64. The molecule has 0 aromatic heterocycles. The quantitative estimate of drug-likeness (QED) is 0.770. The normalized spacial score (nSPS) is 12.1. The van der Waals surface area contributed by atoms with Crippen LogP contribution in [-0.2, 0) is 0 Å². The van der Waals surface area contributed by atoms with Crippen LogP contribution >= 0.6 is 0 Å². The topological polar surface area (TPSA) is 26.0 Å². The number of rotatable bonds is 5. The average Bonchev–Trinajstić information content (AvgIpc) is 2.46. The second kappa shape index (κ2) is 6.18. The lowest BCUT2D eigenvalue weighted by Crippen LogP contribution is -2.09. The molecule has 0 radical (unpaired) electrons. The Balaban J connectivity index is 2.22. The summed E-state index contributed by atoms with van der Waals surface area (Å²) in [4.78, 5) is 0. The molecule has 2 aromatic rings. The SMILES string of the molecule is C=CCC[C@@H](N)c1cccc(-c2ccccc2)c1. The number of allylic oxidation sites excluding steroid dienone is 1. The van der Waals surface area contributed by atoms with Gasteiger partial charge < -0.3 is 5.73 Å². The Kier molecular flexibility index (Phi) is 4.32. The highest BCUT2D eigenvalue weighted by Gasteiger charge is 2.06. The van der Waals surface area contributed by atoms with Gasteiger partial charge in [-0.15, -0.1) is 6.58 Å². The van der Waals surface area contributed by atoms with E-state index in [2.05, 4.69) is 55.1 Å². The fourth-order valence-electron chi connectivity index (χ4n) is 2.04. The maximum atomic E-state index is 6.18. The minimum Gasteiger partial charge on any atom is -0.324 e. The maximum absolute atomic E-state index is 6.18. The lowest BCUT2D eigenvalue weighted by molar-refractivity contribution is 0.662. The highest BCUT2D eigenvalue weighted by atomic mass is 14.6. The number of hydrogen-bond acceptors (Lipinski definition) is 1. The van der Waals surface area contributed by atoms with Crippen molar-refractivity contribution in [3.8, 4) is 11.1 Å². The van der Waals surface area contributed by atoms with Crippen molar-refractivity contribution in [2.75, 3.05) is 0 Å². The third-order valence-electron chi connectivity index (χ3n) is 3.10. The molecule has 0 spiro atoms. The van der Waals surface area contributed by atoms with Gasteiger partial charge in [-0.05, 0) is 35.6 Å². The van der Waals surface area contributed by atoms with Crippen molar-refractivity contribution in [2.24, 2.45) is 5.73 Å². The van der Waals surface area contributed by atoms with E-state index in [0.29, 0.717) is 0 Å². The smallest absolute Gasteiger partial charge is 0.0298 e. The molecule has 0 heterocycles. The van der Waals surface area contributed by atoms with E-state index >= 15 is 0 Å². The maximum Gasteiger partial charge on any atom is 0.0298 e. The van der Waals surface area contributed by atoms with Gasteiger partial charge >= 0.3 is 0 Å². The van der Waals surface area contributed by atoms with E-state index in [9.17, 15) is 0 Å². The van der Waals surface area contributed by atoms with Gasteiger partial charge in [-0.1, -0.05) is 54.6 Å². The zero-order chi connectivity index (χ0) is 12.8. The van der Waals surface area contributed by atoms with Crippen LogP contribution in [0, 0.1) is 0 Å². The first-order valence-electron chi connectivity index (χ1n) is 6.33. The molecule has 0 unspecified atom stereocenters. The molecule has 2 N–H and O–H groups in total. The summed E-state index contributed by atoms with van der Waals surface area (Å²) in [5.74, 6) is 0. The summed E-state index contributed by atoms with van der Waals surface area (Å²) in [6.45, 7) is 3.74. The molecular formula is C17H19N. The van der Waals surface area contributed by atoms with Gasteiger partial charge in [0.05, 0.1) is 0 Å². The monoisotopic (exact) mass is 237 g/mol. The molecule has 0 aliphatic rings. The summed E-state index contributed by atoms with van der Waals surface area (Å²) >= 11 is 0. The second-order valence-corrected chi connectivity index (χ2v) is 4.46. The van der Waals surface area contributed by atoms with Crippen molar-refractivity contribution < 1.29 is 0 Å². The zero-order valence-electron chi connectivity index (χ0n) is 10.5. The van der Waals surface area contributed by atoms with Crippen molar-refractivity contribution in [1.82, 2.24) is 0 Å². The molecule has 18 heavy (non-hydrogen) atoms. The molecule has 0 saturated heterocycles. The van der Waals surface area contributed by atoms with Crippen LogP contribution in [0.4, 0.5) is 0 Å². The van der Waals surface area contributed by atoms with Crippen LogP contribution in [0.3, 0.4) is 0 Å². The Morgan fingerprint density at radius 3 is 2.44 bits per heavy atom. The van der Waals surface area contributed by atoms with E-state index in [1.165, 1.54) is 16.7 Å². The Morgan fingerprint density at radius 1 is 1.00 bits per heavy atom. The standard InChI is InChI=1S/C17H19N/c1-2-3-12-17(18)16-11-7-10-15(13-16)14-8-5-4-6-9-14/h2,4-11,13,17H,1,3,12,18H2/t17-/m1/s1. The highest BCUT2D eigenvalue weighted by Crippen LogP contribution is 2.24. The van der Waals surface area contributed by atoms with Crippen LogP contribution in [0.5, 0.6) is 0 Å². The Labute approximate surface area is 109 Å². The molecule has 2 rings (SSSR count). The van der Waals surface area contributed by atoms with Gasteiger partial charge in [-0.3, -0.25) is 0 Å². The van der Waals surface area contributed by atoms with E-state index in [4.69, 9.17) is 5.73 Å². The Bertz CT molecular complexity index is 502. The number of hydrogen-bond donors (Lipinski definition) is 1. The van der Waals surface area contributed by atoms with Gasteiger partial charge in [0.2, 0.25) is 0 Å². The van der Waals surface area contributed by atoms with E-state index in [0.717, 1.165) is 12.8 Å². The summed E-state index contributed by atoms with van der Waals surface area (Å²) in [5, 5.41) is 0. The minimum absolute atomic E-state index is 0.0895. The number of nitrogens with two attached hydrogens (primary N) is 1. The predicted molar refractivity (Wildman–Crippen MR) is 78.2 cm³/mol. The van der Waals surface area contributed by atoms with Crippen molar-refractivity contribution in [3.63, 3.8) is 0 Å². The second-order valence-electron chi connectivity index (χ2n) is 4.46. The average molecular weight is 237 g/mol. The van der Waals surface area contributed by atoms with Crippen molar-refractivity contribution >= 4 is 0 Å². The van der Waals surface area contributed by atoms with Gasteiger partial charge in [0, 0.05) is 6.04 Å². The fraction of sp³-hybridized carbons (Fsp3) is 0.176. The number of benzene rings is 2. The third-order valence-corrected chi connectivity index (χ3v) is 3.10. The first kappa shape index (κ1) is 12.6. The Morgan fingerprint density at radius 2 is 1.72 bits per heavy atom. The van der Waals surface area contributed by atoms with Crippen LogP contribution < -0.4 is 5.73 Å². The summed E-state index contributed by atoms with van der Waals surface area (Å²) in [6, 6.07) is 18.9. The van der Waals surface area contributed by atoms with Crippen LogP contribution in [0.25, 0.3) is 11.1 Å². The zero-order valence-corrected chi connectivity index (χ0v) is 10.5. The molecule has 1 nitrogen and oxygen atoms in total. The van der Waals surface area contributed by atoms with Gasteiger partial charge in [0.25, 0.3) is 0 Å². The lowest BCUT2D eigenvalue weighted by atomic mass is 9.97. The van der Waals surface area contributed by atoms with Crippen molar-refractivity contribution in [1.29, 1.82) is 0 Å². The summed E-state index contributed by atoms with van der Waals surface area (Å²) in [7, 11) is 0. The van der Waals surface area contributed by atoms with Gasteiger partial charge in [0.1, 0.15) is 0 Å². The van der Waals surface area contributed by atoms with E-state index in [1.807, 2.05) is 12.1 Å². The largest absolute Gasteiger partial charge is 0.324 e. The molecule has 2 aromatic carbocycles. The van der Waals surface area contributed by atoms with Gasteiger partial charge in [-0.2, -0.15) is 0 Å². The van der Waals surface area contributed by atoms with Crippen LogP contribution in [0.2, 0.25) is 0 Å². The molecule has 92 valence electrons. The van der Waals surface area contributed by atoms with Gasteiger partial charge in [0.15, 0.2) is 0 Å². The molecule has 1 heteroatoms. The minimum atomic E-state index is 0.0895. The van der Waals surface area contributed by atoms with Crippen LogP contribution in [-0.4, -0.2) is 0 Å². The molecule has 0 amide bonds. The molecule has 0 aliphatic carbocycles. The lowest BCUT2D eigenvalue weighted by Gasteiger charge is -2.12. The Hall–Kier alpha value is -1.86. The predicted octanol–water partition coefficient (Wildman–Crippen LogP) is 4.32. The van der Waals surface area contributed by atoms with Gasteiger partial charge in [-0.25, -0.2) is 0 Å². The molecule has 0 fully saturated rings. The van der Waals surface area contributed by atoms with Crippen LogP contribution in [0.1, 0.15) is 24.4 Å². The first-order chi connectivity index (χ1) is 8.81. The third kappa shape index (κ3) is 3.08. The van der Waals surface area contributed by atoms with Crippen molar-refractivity contribution in [2.45, 2.75) is 18.9 Å². The van der Waals surface area contributed by atoms with E-state index < -0.39 is 0 Å². The van der Waals surface area contributed by atoms with E-state index in [-0.39, 0.29) is 6.04 Å². The molecule has 1 atom stereocenters. The molecule has 0 aliphatic heterocycles. The van der Waals surface area contributed by atoms with Crippen LogP contribution in [0.15, 0.2) is 67.3 Å². The fourth-order valence-corrected chi connectivity index (χ4v) is 2.04. The summed E-state index contributed by atoms with van der Waals surface area (Å²) in [5.41, 5.74) is 9.83. The first-order valence-corrected chi connectivity index (χ1v) is 6.33.